The van der Waals surface area contributed by atoms with Gasteiger partial charge in [-0.2, -0.15) is 0 Å². The molecule has 0 heterocycles. The molecule has 1 atom stereocenters. The van der Waals surface area contributed by atoms with E-state index < -0.39 is 18.0 Å². The first-order chi connectivity index (χ1) is 9.49. The van der Waals surface area contributed by atoms with Crippen molar-refractivity contribution in [1.29, 1.82) is 0 Å². The molecule has 1 rings (SSSR count). The Balaban J connectivity index is 2.33. The molecule has 0 aliphatic rings. The third-order valence-corrected chi connectivity index (χ3v) is 2.92. The first-order valence-corrected chi connectivity index (χ1v) is 6.95. The highest BCUT2D eigenvalue weighted by molar-refractivity contribution is 5.77. The van der Waals surface area contributed by atoms with Gasteiger partial charge >= 0.3 is 11.9 Å². The van der Waals surface area contributed by atoms with Crippen LogP contribution in [0.5, 0.6) is 0 Å². The maximum Gasteiger partial charge on any atom is 0.345 e. The van der Waals surface area contributed by atoms with Crippen LogP contribution in [0.2, 0.25) is 0 Å². The lowest BCUT2D eigenvalue weighted by Crippen LogP contribution is -2.28. The van der Waals surface area contributed by atoms with Gasteiger partial charge in [-0.3, -0.25) is 4.79 Å². The molecule has 20 heavy (non-hydrogen) atoms. The van der Waals surface area contributed by atoms with Crippen LogP contribution in [0.1, 0.15) is 38.7 Å². The molecule has 1 aromatic carbocycles. The van der Waals surface area contributed by atoms with Crippen LogP contribution in [0.4, 0.5) is 0 Å². The van der Waals surface area contributed by atoms with Crippen molar-refractivity contribution < 1.29 is 19.4 Å². The second kappa shape index (κ2) is 8.35. The van der Waals surface area contributed by atoms with Crippen molar-refractivity contribution in [3.63, 3.8) is 0 Å². The fourth-order valence-electron chi connectivity index (χ4n) is 1.93. The van der Waals surface area contributed by atoms with Crippen molar-refractivity contribution in [2.75, 3.05) is 0 Å². The molecule has 0 saturated heterocycles. The molecule has 0 fully saturated rings. The van der Waals surface area contributed by atoms with E-state index in [9.17, 15) is 9.59 Å². The standard InChI is InChI=1S/C16H22O4/c1-12(2)11-14(16(18)19)20-15(17)10-6-9-13-7-4-3-5-8-13/h3-5,7-8,12,14H,6,9-11H2,1-2H3,(H,18,19). The molecule has 0 amide bonds. The molecule has 4 heteroatoms. The van der Waals surface area contributed by atoms with Crippen molar-refractivity contribution in [3.05, 3.63) is 35.9 Å². The first-order valence-electron chi connectivity index (χ1n) is 6.95. The van der Waals surface area contributed by atoms with E-state index in [1.165, 1.54) is 0 Å². The van der Waals surface area contributed by atoms with Gasteiger partial charge in [-0.05, 0) is 30.7 Å². The summed E-state index contributed by atoms with van der Waals surface area (Å²) in [5.41, 5.74) is 1.16. The second-order valence-electron chi connectivity index (χ2n) is 5.29. The Morgan fingerprint density at radius 2 is 1.85 bits per heavy atom. The summed E-state index contributed by atoms with van der Waals surface area (Å²) < 4.78 is 5.02. The number of hydrogen-bond acceptors (Lipinski definition) is 3. The van der Waals surface area contributed by atoms with E-state index in [0.29, 0.717) is 12.8 Å². The number of rotatable bonds is 8. The number of aliphatic carboxylic acids is 1. The van der Waals surface area contributed by atoms with E-state index >= 15 is 0 Å². The van der Waals surface area contributed by atoms with Gasteiger partial charge in [0.1, 0.15) is 0 Å². The van der Waals surface area contributed by atoms with Gasteiger partial charge in [0.05, 0.1) is 0 Å². The summed E-state index contributed by atoms with van der Waals surface area (Å²) >= 11 is 0. The predicted octanol–water partition coefficient (Wildman–Crippen LogP) is 3.05. The molecular weight excluding hydrogens is 256 g/mol. The Hall–Kier alpha value is -1.84. The Bertz CT molecular complexity index is 425. The summed E-state index contributed by atoms with van der Waals surface area (Å²) in [5.74, 6) is -1.34. The number of carboxylic acids is 1. The summed E-state index contributed by atoms with van der Waals surface area (Å²) in [7, 11) is 0. The number of aryl methyl sites for hydroxylation is 1. The van der Waals surface area contributed by atoms with Crippen molar-refractivity contribution >= 4 is 11.9 Å². The monoisotopic (exact) mass is 278 g/mol. The minimum atomic E-state index is -1.07. The lowest BCUT2D eigenvalue weighted by molar-refractivity contribution is -0.165. The lowest BCUT2D eigenvalue weighted by atomic mass is 10.1. The van der Waals surface area contributed by atoms with Gasteiger partial charge in [-0.1, -0.05) is 44.2 Å². The number of ether oxygens (including phenoxy) is 1. The molecule has 1 unspecified atom stereocenters. The van der Waals surface area contributed by atoms with Crippen LogP contribution >= 0.6 is 0 Å². The van der Waals surface area contributed by atoms with E-state index in [2.05, 4.69) is 0 Å². The van der Waals surface area contributed by atoms with E-state index in [-0.39, 0.29) is 12.3 Å². The van der Waals surface area contributed by atoms with Crippen molar-refractivity contribution in [3.8, 4) is 0 Å². The maximum atomic E-state index is 11.6. The van der Waals surface area contributed by atoms with Crippen LogP contribution < -0.4 is 0 Å². The highest BCUT2D eigenvalue weighted by Gasteiger charge is 2.22. The molecule has 0 radical (unpaired) electrons. The summed E-state index contributed by atoms with van der Waals surface area (Å²) in [6.07, 6.45) is 1.02. The Labute approximate surface area is 119 Å². The average Bonchev–Trinajstić information content (AvgIpc) is 2.38. The van der Waals surface area contributed by atoms with Crippen LogP contribution in [0.15, 0.2) is 30.3 Å². The summed E-state index contributed by atoms with van der Waals surface area (Å²) in [6.45, 7) is 3.80. The zero-order valence-electron chi connectivity index (χ0n) is 12.0. The molecular formula is C16H22O4. The fourth-order valence-corrected chi connectivity index (χ4v) is 1.93. The summed E-state index contributed by atoms with van der Waals surface area (Å²) in [4.78, 5) is 22.6. The van der Waals surface area contributed by atoms with Crippen LogP contribution in [0.3, 0.4) is 0 Å². The zero-order chi connectivity index (χ0) is 15.0. The van der Waals surface area contributed by atoms with Crippen molar-refractivity contribution in [2.45, 2.75) is 45.6 Å². The normalized spacial score (nSPS) is 12.2. The zero-order valence-corrected chi connectivity index (χ0v) is 12.0. The molecule has 0 spiro atoms. The molecule has 0 aliphatic carbocycles. The quantitative estimate of drug-likeness (QED) is 0.742. The SMILES string of the molecule is CC(C)CC(OC(=O)CCCc1ccccc1)C(=O)O. The predicted molar refractivity (Wildman–Crippen MR) is 76.4 cm³/mol. The third-order valence-electron chi connectivity index (χ3n) is 2.92. The Morgan fingerprint density at radius 3 is 2.40 bits per heavy atom. The molecule has 0 aliphatic heterocycles. The van der Waals surface area contributed by atoms with Crippen molar-refractivity contribution in [2.24, 2.45) is 5.92 Å². The topological polar surface area (TPSA) is 63.6 Å². The second-order valence-corrected chi connectivity index (χ2v) is 5.29. The van der Waals surface area contributed by atoms with Gasteiger partial charge in [-0.15, -0.1) is 0 Å². The molecule has 0 aromatic heterocycles. The van der Waals surface area contributed by atoms with Crippen LogP contribution in [-0.2, 0) is 20.7 Å². The van der Waals surface area contributed by atoms with E-state index in [0.717, 1.165) is 12.0 Å². The minimum Gasteiger partial charge on any atom is -0.479 e. The molecule has 1 N–H and O–H groups in total. The van der Waals surface area contributed by atoms with Gasteiger partial charge in [0, 0.05) is 6.42 Å². The molecule has 1 aromatic rings. The number of carbonyl (C=O) groups excluding carboxylic acids is 1. The highest BCUT2D eigenvalue weighted by atomic mass is 16.6. The van der Waals surface area contributed by atoms with Gasteiger partial charge in [0.15, 0.2) is 6.10 Å². The largest absolute Gasteiger partial charge is 0.479 e. The van der Waals surface area contributed by atoms with E-state index in [1.54, 1.807) is 0 Å². The minimum absolute atomic E-state index is 0.174. The number of carbonyl (C=O) groups is 2. The number of hydrogen-bond donors (Lipinski definition) is 1. The number of benzene rings is 1. The van der Waals surface area contributed by atoms with E-state index in [4.69, 9.17) is 9.84 Å². The van der Waals surface area contributed by atoms with E-state index in [1.807, 2.05) is 44.2 Å². The third kappa shape index (κ3) is 6.36. The maximum absolute atomic E-state index is 11.6. The number of esters is 1. The van der Waals surface area contributed by atoms with Crippen molar-refractivity contribution in [1.82, 2.24) is 0 Å². The molecule has 110 valence electrons. The Morgan fingerprint density at radius 1 is 1.20 bits per heavy atom. The van der Waals surface area contributed by atoms with Gasteiger partial charge < -0.3 is 9.84 Å². The fraction of sp³-hybridized carbons (Fsp3) is 0.500. The van der Waals surface area contributed by atoms with Crippen LogP contribution in [0.25, 0.3) is 0 Å². The van der Waals surface area contributed by atoms with Gasteiger partial charge in [0.2, 0.25) is 0 Å². The molecule has 4 nitrogen and oxygen atoms in total. The smallest absolute Gasteiger partial charge is 0.345 e. The summed E-state index contributed by atoms with van der Waals surface area (Å²) in [5, 5.41) is 9.00. The Kier molecular flexibility index (Phi) is 6.77. The highest BCUT2D eigenvalue weighted by Crippen LogP contribution is 2.11. The summed E-state index contributed by atoms with van der Waals surface area (Å²) in [6, 6.07) is 9.86. The number of carboxylic acid groups (broad SMARTS) is 1. The molecule has 0 saturated carbocycles. The van der Waals surface area contributed by atoms with Gasteiger partial charge in [0.25, 0.3) is 0 Å². The molecule has 0 bridgehead atoms. The van der Waals surface area contributed by atoms with Gasteiger partial charge in [-0.25, -0.2) is 4.79 Å². The lowest BCUT2D eigenvalue weighted by Gasteiger charge is -2.15. The van der Waals surface area contributed by atoms with Crippen LogP contribution in [-0.4, -0.2) is 23.1 Å². The first kappa shape index (κ1) is 16.2. The van der Waals surface area contributed by atoms with Crippen LogP contribution in [0, 0.1) is 5.92 Å². The average molecular weight is 278 g/mol.